The van der Waals surface area contributed by atoms with Crippen LogP contribution in [0.3, 0.4) is 0 Å². The molecule has 5 heteroatoms. The minimum Gasteiger partial charge on any atom is -0.399 e. The van der Waals surface area contributed by atoms with Gasteiger partial charge in [-0.3, -0.25) is 4.98 Å². The summed E-state index contributed by atoms with van der Waals surface area (Å²) in [4.78, 5) is 9.65. The molecule has 5 rings (SSSR count). The van der Waals surface area contributed by atoms with Crippen LogP contribution in [0.4, 0.5) is 0 Å². The molecule has 0 N–H and O–H groups in total. The summed E-state index contributed by atoms with van der Waals surface area (Å²) in [6.45, 7) is 8.22. The number of rotatable bonds is 2. The van der Waals surface area contributed by atoms with Gasteiger partial charge in [-0.25, -0.2) is 4.98 Å². The summed E-state index contributed by atoms with van der Waals surface area (Å²) < 4.78 is 12.3. The Morgan fingerprint density at radius 1 is 0.724 bits per heavy atom. The monoisotopic (exact) mass is 382 g/mol. The molecule has 0 atom stereocenters. The van der Waals surface area contributed by atoms with E-state index in [1.165, 1.54) is 5.39 Å². The molecule has 3 heterocycles. The van der Waals surface area contributed by atoms with Crippen LogP contribution in [0.15, 0.2) is 66.9 Å². The van der Waals surface area contributed by atoms with Crippen molar-refractivity contribution in [3.8, 4) is 11.4 Å². The van der Waals surface area contributed by atoms with Crippen LogP contribution in [0.25, 0.3) is 33.1 Å². The van der Waals surface area contributed by atoms with E-state index >= 15 is 0 Å². The second-order valence-corrected chi connectivity index (χ2v) is 8.59. The van der Waals surface area contributed by atoms with E-state index < -0.39 is 7.12 Å². The summed E-state index contributed by atoms with van der Waals surface area (Å²) in [6, 6.07) is 20.6. The van der Waals surface area contributed by atoms with E-state index in [1.54, 1.807) is 0 Å². The van der Waals surface area contributed by atoms with Gasteiger partial charge in [0.05, 0.1) is 28.1 Å². The topological polar surface area (TPSA) is 44.2 Å². The first-order valence-electron chi connectivity index (χ1n) is 9.95. The van der Waals surface area contributed by atoms with Crippen LogP contribution >= 0.6 is 0 Å². The highest BCUT2D eigenvalue weighted by atomic mass is 16.7. The Bertz CT molecular complexity index is 1200. The van der Waals surface area contributed by atoms with Crippen LogP contribution in [0.2, 0.25) is 0 Å². The van der Waals surface area contributed by atoms with Crippen LogP contribution in [0, 0.1) is 0 Å². The van der Waals surface area contributed by atoms with Crippen LogP contribution in [0.5, 0.6) is 0 Å². The molecule has 4 nitrogen and oxygen atoms in total. The zero-order valence-electron chi connectivity index (χ0n) is 17.1. The lowest BCUT2D eigenvalue weighted by molar-refractivity contribution is 0.00578. The molecule has 2 aromatic heterocycles. The Labute approximate surface area is 171 Å². The van der Waals surface area contributed by atoms with E-state index in [1.807, 2.05) is 42.6 Å². The van der Waals surface area contributed by atoms with Gasteiger partial charge >= 0.3 is 7.12 Å². The Kier molecular flexibility index (Phi) is 4.02. The van der Waals surface area contributed by atoms with Gasteiger partial charge in [0, 0.05) is 22.4 Å². The number of nitrogens with zero attached hydrogens (tertiary/aromatic N) is 2. The fourth-order valence-electron chi connectivity index (χ4n) is 3.76. The molecule has 4 aromatic rings. The van der Waals surface area contributed by atoms with Crippen molar-refractivity contribution >= 4 is 34.3 Å². The summed E-state index contributed by atoms with van der Waals surface area (Å²) in [5, 5.41) is 3.44. The largest absolute Gasteiger partial charge is 0.496 e. The van der Waals surface area contributed by atoms with E-state index in [4.69, 9.17) is 19.3 Å². The van der Waals surface area contributed by atoms with Crippen LogP contribution in [-0.2, 0) is 9.31 Å². The summed E-state index contributed by atoms with van der Waals surface area (Å²) in [5.74, 6) is 0. The number of pyridine rings is 2. The third-order valence-electron chi connectivity index (χ3n) is 6.16. The van der Waals surface area contributed by atoms with Gasteiger partial charge in [-0.2, -0.15) is 0 Å². The molecule has 2 aromatic carbocycles. The number of aromatic nitrogens is 2. The first-order chi connectivity index (χ1) is 13.9. The maximum absolute atomic E-state index is 6.15. The molecule has 1 saturated heterocycles. The average Bonchev–Trinajstić information content (AvgIpc) is 2.95. The van der Waals surface area contributed by atoms with Crippen molar-refractivity contribution in [3.05, 3.63) is 66.9 Å². The van der Waals surface area contributed by atoms with Gasteiger partial charge in [0.25, 0.3) is 0 Å². The van der Waals surface area contributed by atoms with Crippen molar-refractivity contribution in [3.63, 3.8) is 0 Å². The van der Waals surface area contributed by atoms with Crippen LogP contribution in [-0.4, -0.2) is 28.3 Å². The van der Waals surface area contributed by atoms with Gasteiger partial charge in [0.1, 0.15) is 0 Å². The highest BCUT2D eigenvalue weighted by molar-refractivity contribution is 6.62. The van der Waals surface area contributed by atoms with Gasteiger partial charge in [-0.05, 0) is 45.2 Å². The average molecular weight is 382 g/mol. The van der Waals surface area contributed by atoms with E-state index in [-0.39, 0.29) is 11.2 Å². The molecule has 0 unspecified atom stereocenters. The predicted octanol–water partition coefficient (Wildman–Crippen LogP) is 4.75. The fraction of sp³-hybridized carbons (Fsp3) is 0.250. The lowest BCUT2D eigenvalue weighted by atomic mass is 9.80. The lowest BCUT2D eigenvalue weighted by Gasteiger charge is -2.32. The van der Waals surface area contributed by atoms with Crippen LogP contribution in [0.1, 0.15) is 27.7 Å². The molecule has 29 heavy (non-hydrogen) atoms. The molecule has 144 valence electrons. The molecule has 0 aliphatic carbocycles. The van der Waals surface area contributed by atoms with Crippen molar-refractivity contribution in [1.29, 1.82) is 0 Å². The molecule has 0 spiro atoms. The first-order valence-corrected chi connectivity index (χ1v) is 9.95. The summed E-state index contributed by atoms with van der Waals surface area (Å²) in [5.41, 5.74) is 2.88. The van der Waals surface area contributed by atoms with E-state index in [2.05, 4.69) is 52.0 Å². The molecule has 1 fully saturated rings. The molecule has 1 aliphatic rings. The molecule has 0 radical (unpaired) electrons. The highest BCUT2D eigenvalue weighted by Gasteiger charge is 2.51. The first kappa shape index (κ1) is 18.3. The number of fused-ring (bicyclic) bond motifs is 3. The number of hydrogen-bond acceptors (Lipinski definition) is 4. The highest BCUT2D eigenvalue weighted by Crippen LogP contribution is 2.36. The SMILES string of the molecule is CC1(C)OB(c2ccc(-c3nc4ccccc4c4ccccc34)nc2)OC1(C)C. The molecular formula is C24H23BN2O2. The fourth-order valence-corrected chi connectivity index (χ4v) is 3.76. The maximum Gasteiger partial charge on any atom is 0.496 e. The molecule has 0 bridgehead atoms. The predicted molar refractivity (Wildman–Crippen MR) is 118 cm³/mol. The Morgan fingerprint density at radius 3 is 2.00 bits per heavy atom. The second kappa shape index (κ2) is 6.38. The van der Waals surface area contributed by atoms with Gasteiger partial charge < -0.3 is 9.31 Å². The van der Waals surface area contributed by atoms with Crippen molar-refractivity contribution in [1.82, 2.24) is 9.97 Å². The van der Waals surface area contributed by atoms with Crippen LogP contribution < -0.4 is 5.46 Å². The summed E-state index contributed by atoms with van der Waals surface area (Å²) >= 11 is 0. The Morgan fingerprint density at radius 2 is 1.34 bits per heavy atom. The summed E-state index contributed by atoms with van der Waals surface area (Å²) in [7, 11) is -0.414. The second-order valence-electron chi connectivity index (χ2n) is 8.59. The van der Waals surface area contributed by atoms with Crippen molar-refractivity contribution in [2.75, 3.05) is 0 Å². The minimum absolute atomic E-state index is 0.369. The van der Waals surface area contributed by atoms with Crippen molar-refractivity contribution < 1.29 is 9.31 Å². The molecular weight excluding hydrogens is 359 g/mol. The van der Waals surface area contributed by atoms with E-state index in [0.717, 1.165) is 33.1 Å². The normalized spacial score (nSPS) is 17.9. The number of benzene rings is 2. The molecule has 0 saturated carbocycles. The zero-order valence-corrected chi connectivity index (χ0v) is 17.1. The minimum atomic E-state index is -0.414. The zero-order chi connectivity index (χ0) is 20.2. The third-order valence-corrected chi connectivity index (χ3v) is 6.16. The Hall–Kier alpha value is -2.76. The summed E-state index contributed by atoms with van der Waals surface area (Å²) in [6.07, 6.45) is 1.84. The standard InChI is InChI=1S/C24H23BN2O2/c1-23(2)24(3,4)29-25(28-23)16-13-14-21(26-15-16)22-19-11-6-5-9-17(19)18-10-7-8-12-20(18)27-22/h5-15H,1-4H3. The van der Waals surface area contributed by atoms with Crippen molar-refractivity contribution in [2.24, 2.45) is 0 Å². The lowest BCUT2D eigenvalue weighted by Crippen LogP contribution is -2.41. The van der Waals surface area contributed by atoms with E-state index in [9.17, 15) is 0 Å². The number of hydrogen-bond donors (Lipinski definition) is 0. The smallest absolute Gasteiger partial charge is 0.399 e. The molecule has 0 amide bonds. The van der Waals surface area contributed by atoms with Gasteiger partial charge in [0.15, 0.2) is 0 Å². The maximum atomic E-state index is 6.15. The van der Waals surface area contributed by atoms with Crippen molar-refractivity contribution in [2.45, 2.75) is 38.9 Å². The quantitative estimate of drug-likeness (QED) is 0.371. The number of para-hydroxylation sites is 1. The van der Waals surface area contributed by atoms with E-state index in [0.29, 0.717) is 0 Å². The Balaban J connectivity index is 1.58. The third kappa shape index (κ3) is 2.93. The molecule has 1 aliphatic heterocycles. The van der Waals surface area contributed by atoms with Gasteiger partial charge in [0.2, 0.25) is 0 Å². The van der Waals surface area contributed by atoms with Gasteiger partial charge in [-0.15, -0.1) is 0 Å². The van der Waals surface area contributed by atoms with Gasteiger partial charge in [-0.1, -0.05) is 48.5 Å².